The maximum atomic E-state index is 12.0. The summed E-state index contributed by atoms with van der Waals surface area (Å²) < 4.78 is 10.6. The fourth-order valence-electron chi connectivity index (χ4n) is 2.91. The molecule has 1 fully saturated rings. The first-order valence-electron chi connectivity index (χ1n) is 8.52. The average molecular weight is 351 g/mol. The zero-order chi connectivity index (χ0) is 18.5. The second kappa shape index (κ2) is 7.87. The molecule has 2 aromatic rings. The van der Waals surface area contributed by atoms with Crippen molar-refractivity contribution in [1.82, 2.24) is 0 Å². The average Bonchev–Trinajstić information content (AvgIpc) is 3.07. The van der Waals surface area contributed by atoms with Crippen molar-refractivity contribution in [3.8, 4) is 11.5 Å². The number of benzene rings is 2. The van der Waals surface area contributed by atoms with Gasteiger partial charge in [-0.15, -0.1) is 0 Å². The van der Waals surface area contributed by atoms with Crippen LogP contribution in [0.2, 0.25) is 0 Å². The summed E-state index contributed by atoms with van der Waals surface area (Å²) in [5.41, 5.74) is 2.71. The molecule has 134 valence electrons. The molecule has 1 saturated heterocycles. The molecule has 5 heteroatoms. The number of esters is 1. The largest absolute Gasteiger partial charge is 0.496 e. The number of anilines is 1. The van der Waals surface area contributed by atoms with E-state index >= 15 is 0 Å². The smallest absolute Gasteiger partial charge is 0.336 e. The van der Waals surface area contributed by atoms with Gasteiger partial charge < -0.3 is 14.4 Å². The number of nitrogens with zero attached hydrogens (tertiary/aromatic N) is 1. The monoisotopic (exact) mass is 351 g/mol. The van der Waals surface area contributed by atoms with Crippen LogP contribution >= 0.6 is 0 Å². The molecule has 0 atom stereocenters. The molecular weight excluding hydrogens is 330 g/mol. The molecule has 1 amide bonds. The highest BCUT2D eigenvalue weighted by atomic mass is 16.5. The highest BCUT2D eigenvalue weighted by molar-refractivity contribution is 5.95. The molecule has 0 aliphatic carbocycles. The van der Waals surface area contributed by atoms with Crippen molar-refractivity contribution in [2.24, 2.45) is 0 Å². The molecule has 0 bridgehead atoms. The Morgan fingerprint density at radius 1 is 1.15 bits per heavy atom. The summed E-state index contributed by atoms with van der Waals surface area (Å²) in [7, 11) is 1.59. The third kappa shape index (κ3) is 4.11. The minimum absolute atomic E-state index is 0.129. The lowest BCUT2D eigenvalue weighted by atomic mass is 10.1. The van der Waals surface area contributed by atoms with E-state index in [9.17, 15) is 9.59 Å². The Balaban J connectivity index is 1.65. The van der Waals surface area contributed by atoms with Crippen molar-refractivity contribution in [2.75, 3.05) is 18.6 Å². The number of amides is 1. The summed E-state index contributed by atoms with van der Waals surface area (Å²) in [6.07, 6.45) is 4.51. The number of hydrogen-bond acceptors (Lipinski definition) is 4. The summed E-state index contributed by atoms with van der Waals surface area (Å²) in [6.45, 7) is 2.71. The number of carbonyl (C=O) groups excluding carboxylic acids is 2. The molecule has 3 rings (SSSR count). The molecule has 1 aliphatic rings. The van der Waals surface area contributed by atoms with Gasteiger partial charge in [-0.2, -0.15) is 0 Å². The standard InChI is InChI=1S/C21H21NO4/c1-15-5-11-19(25-2)16(14-15)6-12-21(24)26-18-9-7-17(8-10-18)22-13-3-4-20(22)23/h5-12,14H,3-4,13H2,1-2H3/b12-6+. The van der Waals surface area contributed by atoms with Crippen LogP contribution in [0.15, 0.2) is 48.5 Å². The van der Waals surface area contributed by atoms with Gasteiger partial charge in [0.25, 0.3) is 0 Å². The van der Waals surface area contributed by atoms with E-state index in [0.717, 1.165) is 29.8 Å². The first-order valence-corrected chi connectivity index (χ1v) is 8.52. The number of carbonyl (C=O) groups is 2. The summed E-state index contributed by atoms with van der Waals surface area (Å²) in [6, 6.07) is 12.7. The predicted molar refractivity (Wildman–Crippen MR) is 100 cm³/mol. The third-order valence-corrected chi connectivity index (χ3v) is 4.22. The van der Waals surface area contributed by atoms with Crippen molar-refractivity contribution in [3.63, 3.8) is 0 Å². The van der Waals surface area contributed by atoms with Crippen LogP contribution in [-0.2, 0) is 9.59 Å². The zero-order valence-electron chi connectivity index (χ0n) is 14.9. The van der Waals surface area contributed by atoms with Crippen LogP contribution in [0.25, 0.3) is 6.08 Å². The summed E-state index contributed by atoms with van der Waals surface area (Å²) in [5.74, 6) is 0.786. The van der Waals surface area contributed by atoms with E-state index in [4.69, 9.17) is 9.47 Å². The Morgan fingerprint density at radius 2 is 1.92 bits per heavy atom. The molecule has 1 aliphatic heterocycles. The first kappa shape index (κ1) is 17.7. The Hall–Kier alpha value is -3.08. The highest BCUT2D eigenvalue weighted by Crippen LogP contribution is 2.24. The fourth-order valence-corrected chi connectivity index (χ4v) is 2.91. The lowest BCUT2D eigenvalue weighted by Gasteiger charge is -2.15. The highest BCUT2D eigenvalue weighted by Gasteiger charge is 2.21. The van der Waals surface area contributed by atoms with Gasteiger partial charge in [0, 0.05) is 30.3 Å². The molecule has 0 radical (unpaired) electrons. The SMILES string of the molecule is COc1ccc(C)cc1/C=C/C(=O)Oc1ccc(N2CCCC2=O)cc1. The van der Waals surface area contributed by atoms with Crippen LogP contribution in [0.4, 0.5) is 5.69 Å². The van der Waals surface area contributed by atoms with E-state index in [1.54, 1.807) is 42.4 Å². The number of aryl methyl sites for hydroxylation is 1. The maximum Gasteiger partial charge on any atom is 0.336 e. The molecule has 0 N–H and O–H groups in total. The molecule has 0 spiro atoms. The Morgan fingerprint density at radius 3 is 2.58 bits per heavy atom. The van der Waals surface area contributed by atoms with Gasteiger partial charge >= 0.3 is 5.97 Å². The molecule has 0 aromatic heterocycles. The van der Waals surface area contributed by atoms with Gasteiger partial charge in [-0.05, 0) is 55.8 Å². The second-order valence-electron chi connectivity index (χ2n) is 6.14. The lowest BCUT2D eigenvalue weighted by molar-refractivity contribution is -0.128. The predicted octanol–water partition coefficient (Wildman–Crippen LogP) is 3.75. The van der Waals surface area contributed by atoms with Gasteiger partial charge in [0.1, 0.15) is 11.5 Å². The van der Waals surface area contributed by atoms with E-state index in [1.807, 2.05) is 25.1 Å². The number of methoxy groups -OCH3 is 1. The van der Waals surface area contributed by atoms with Crippen LogP contribution in [0.3, 0.4) is 0 Å². The minimum atomic E-state index is -0.474. The van der Waals surface area contributed by atoms with Crippen molar-refractivity contribution < 1.29 is 19.1 Å². The van der Waals surface area contributed by atoms with Crippen LogP contribution < -0.4 is 14.4 Å². The lowest BCUT2D eigenvalue weighted by Crippen LogP contribution is -2.23. The van der Waals surface area contributed by atoms with Crippen LogP contribution in [0, 0.1) is 6.92 Å². The molecule has 5 nitrogen and oxygen atoms in total. The van der Waals surface area contributed by atoms with E-state index < -0.39 is 5.97 Å². The van der Waals surface area contributed by atoms with Crippen LogP contribution in [0.1, 0.15) is 24.0 Å². The topological polar surface area (TPSA) is 55.8 Å². The Labute approximate surface area is 152 Å². The van der Waals surface area contributed by atoms with E-state index in [0.29, 0.717) is 17.9 Å². The minimum Gasteiger partial charge on any atom is -0.496 e. The molecule has 0 unspecified atom stereocenters. The molecule has 26 heavy (non-hydrogen) atoms. The summed E-state index contributed by atoms with van der Waals surface area (Å²) in [5, 5.41) is 0. The Kier molecular flexibility index (Phi) is 5.37. The molecule has 2 aromatic carbocycles. The van der Waals surface area contributed by atoms with Gasteiger partial charge in [-0.25, -0.2) is 4.79 Å². The quantitative estimate of drug-likeness (QED) is 0.468. The zero-order valence-corrected chi connectivity index (χ0v) is 14.9. The van der Waals surface area contributed by atoms with Crippen molar-refractivity contribution in [2.45, 2.75) is 19.8 Å². The van der Waals surface area contributed by atoms with E-state index in [1.165, 1.54) is 6.08 Å². The van der Waals surface area contributed by atoms with Crippen LogP contribution in [-0.4, -0.2) is 25.5 Å². The summed E-state index contributed by atoms with van der Waals surface area (Å²) in [4.78, 5) is 25.5. The fraction of sp³-hybridized carbons (Fsp3) is 0.238. The van der Waals surface area contributed by atoms with E-state index in [-0.39, 0.29) is 5.91 Å². The molecule has 1 heterocycles. The van der Waals surface area contributed by atoms with Gasteiger partial charge in [0.2, 0.25) is 5.91 Å². The number of ether oxygens (including phenoxy) is 2. The van der Waals surface area contributed by atoms with E-state index in [2.05, 4.69) is 0 Å². The van der Waals surface area contributed by atoms with Crippen molar-refractivity contribution in [3.05, 3.63) is 59.7 Å². The van der Waals surface area contributed by atoms with Crippen LogP contribution in [0.5, 0.6) is 11.5 Å². The van der Waals surface area contributed by atoms with Crippen molar-refractivity contribution >= 4 is 23.6 Å². The molecular formula is C21H21NO4. The van der Waals surface area contributed by atoms with Crippen molar-refractivity contribution in [1.29, 1.82) is 0 Å². The number of rotatable bonds is 5. The summed E-state index contributed by atoms with van der Waals surface area (Å²) >= 11 is 0. The van der Waals surface area contributed by atoms with Gasteiger partial charge in [0.05, 0.1) is 7.11 Å². The maximum absolute atomic E-state index is 12.0. The third-order valence-electron chi connectivity index (χ3n) is 4.22. The normalized spacial score (nSPS) is 14.1. The van der Waals surface area contributed by atoms with Gasteiger partial charge in [0.15, 0.2) is 0 Å². The second-order valence-corrected chi connectivity index (χ2v) is 6.14. The van der Waals surface area contributed by atoms with Gasteiger partial charge in [-0.1, -0.05) is 11.6 Å². The molecule has 0 saturated carbocycles. The number of hydrogen-bond donors (Lipinski definition) is 0. The van der Waals surface area contributed by atoms with Gasteiger partial charge in [-0.3, -0.25) is 4.79 Å². The Bertz CT molecular complexity index is 840. The first-order chi connectivity index (χ1) is 12.6.